The van der Waals surface area contributed by atoms with E-state index in [2.05, 4.69) is 17.2 Å². The van der Waals surface area contributed by atoms with Gasteiger partial charge in [-0.3, -0.25) is 0 Å². The molecule has 1 aliphatic carbocycles. The maximum atomic E-state index is 5.82. The molecule has 1 saturated carbocycles. The van der Waals surface area contributed by atoms with Crippen molar-refractivity contribution in [3.05, 3.63) is 10.5 Å². The van der Waals surface area contributed by atoms with Gasteiger partial charge in [-0.15, -0.1) is 0 Å². The van der Waals surface area contributed by atoms with Crippen molar-refractivity contribution < 1.29 is 0 Å². The molecule has 4 heteroatoms. The third kappa shape index (κ3) is 2.61. The highest BCUT2D eigenvalue weighted by Gasteiger charge is 2.19. The summed E-state index contributed by atoms with van der Waals surface area (Å²) in [7, 11) is 0. The van der Waals surface area contributed by atoms with Crippen LogP contribution in [0.5, 0.6) is 0 Å². The summed E-state index contributed by atoms with van der Waals surface area (Å²) in [6.07, 6.45) is 6.94. The molecule has 0 aromatic carbocycles. The first-order valence-electron chi connectivity index (χ1n) is 5.12. The zero-order valence-electron chi connectivity index (χ0n) is 8.29. The van der Waals surface area contributed by atoms with Gasteiger partial charge in [-0.25, -0.2) is 4.98 Å². The molecule has 1 aliphatic rings. The second-order valence-electron chi connectivity index (χ2n) is 4.08. The summed E-state index contributed by atoms with van der Waals surface area (Å²) in [5.74, 6) is 0.844. The molecule has 2 unspecified atom stereocenters. The molecule has 1 aromatic heterocycles. The number of nitrogens with zero attached hydrogens (tertiary/aromatic N) is 1. The van der Waals surface area contributed by atoms with E-state index in [1.165, 1.54) is 37.0 Å². The van der Waals surface area contributed by atoms with Crippen LogP contribution in [0.2, 0.25) is 4.34 Å². The average Bonchev–Trinajstić information content (AvgIpc) is 2.51. The highest BCUT2D eigenvalue weighted by Crippen LogP contribution is 2.29. The first kappa shape index (κ1) is 10.2. The number of nitrogens with one attached hydrogen (secondary N) is 1. The van der Waals surface area contributed by atoms with E-state index in [0.717, 1.165) is 15.4 Å². The molecule has 2 atom stereocenters. The van der Waals surface area contributed by atoms with Gasteiger partial charge in [-0.05, 0) is 18.8 Å². The van der Waals surface area contributed by atoms with E-state index in [-0.39, 0.29) is 0 Å². The van der Waals surface area contributed by atoms with E-state index in [1.54, 1.807) is 6.20 Å². The minimum absolute atomic E-state index is 0.598. The summed E-state index contributed by atoms with van der Waals surface area (Å²) in [6, 6.07) is 0.598. The van der Waals surface area contributed by atoms with Gasteiger partial charge in [-0.2, -0.15) is 0 Å². The summed E-state index contributed by atoms with van der Waals surface area (Å²) in [6.45, 7) is 2.32. The third-order valence-electron chi connectivity index (χ3n) is 2.74. The number of rotatable bonds is 2. The molecule has 0 spiro atoms. The van der Waals surface area contributed by atoms with Crippen LogP contribution in [-0.2, 0) is 0 Å². The maximum absolute atomic E-state index is 5.82. The van der Waals surface area contributed by atoms with E-state index in [9.17, 15) is 0 Å². The van der Waals surface area contributed by atoms with Crippen LogP contribution in [0, 0.1) is 5.92 Å². The molecular formula is C10H15ClN2S. The molecule has 2 nitrogen and oxygen atoms in total. The van der Waals surface area contributed by atoms with Crippen LogP contribution in [-0.4, -0.2) is 11.0 Å². The summed E-state index contributed by atoms with van der Waals surface area (Å²) in [4.78, 5) is 4.21. The van der Waals surface area contributed by atoms with E-state index in [0.29, 0.717) is 6.04 Å². The van der Waals surface area contributed by atoms with Crippen LogP contribution in [0.1, 0.15) is 32.6 Å². The lowest BCUT2D eigenvalue weighted by Gasteiger charge is -2.27. The van der Waals surface area contributed by atoms with Gasteiger partial charge in [-0.1, -0.05) is 42.7 Å². The monoisotopic (exact) mass is 230 g/mol. The van der Waals surface area contributed by atoms with E-state index in [4.69, 9.17) is 11.6 Å². The summed E-state index contributed by atoms with van der Waals surface area (Å²) < 4.78 is 0.761. The van der Waals surface area contributed by atoms with E-state index < -0.39 is 0 Å². The van der Waals surface area contributed by atoms with Crippen molar-refractivity contribution in [2.75, 3.05) is 5.32 Å². The number of hydrogen-bond donors (Lipinski definition) is 1. The van der Waals surface area contributed by atoms with Gasteiger partial charge in [0, 0.05) is 6.04 Å². The molecule has 1 aromatic rings. The Labute approximate surface area is 93.7 Å². The largest absolute Gasteiger partial charge is 0.359 e. The molecule has 78 valence electrons. The number of halogens is 1. The predicted molar refractivity (Wildman–Crippen MR) is 62.2 cm³/mol. The van der Waals surface area contributed by atoms with Crippen LogP contribution >= 0.6 is 22.9 Å². The van der Waals surface area contributed by atoms with Crippen molar-refractivity contribution in [1.29, 1.82) is 0 Å². The topological polar surface area (TPSA) is 24.9 Å². The lowest BCUT2D eigenvalue weighted by Crippen LogP contribution is -2.25. The highest BCUT2D eigenvalue weighted by atomic mass is 35.5. The van der Waals surface area contributed by atoms with E-state index >= 15 is 0 Å². The van der Waals surface area contributed by atoms with Crippen molar-refractivity contribution in [3.8, 4) is 0 Å². The van der Waals surface area contributed by atoms with Crippen LogP contribution in [0.25, 0.3) is 0 Å². The second-order valence-corrected chi connectivity index (χ2v) is 5.74. The normalized spacial score (nSPS) is 27.6. The first-order valence-corrected chi connectivity index (χ1v) is 6.31. The molecule has 1 N–H and O–H groups in total. The molecule has 1 heterocycles. The molecule has 0 aliphatic heterocycles. The van der Waals surface area contributed by atoms with Gasteiger partial charge < -0.3 is 5.32 Å². The zero-order valence-corrected chi connectivity index (χ0v) is 9.87. The molecule has 2 rings (SSSR count). The van der Waals surface area contributed by atoms with Crippen LogP contribution in [0.3, 0.4) is 0 Å². The molecule has 0 amide bonds. The van der Waals surface area contributed by atoms with Crippen molar-refractivity contribution in [2.45, 2.75) is 38.6 Å². The Morgan fingerprint density at radius 2 is 2.43 bits per heavy atom. The Kier molecular flexibility index (Phi) is 3.29. The van der Waals surface area contributed by atoms with Crippen molar-refractivity contribution >= 4 is 28.1 Å². The van der Waals surface area contributed by atoms with Gasteiger partial charge in [0.25, 0.3) is 0 Å². The molecule has 1 fully saturated rings. The number of anilines is 1. The summed E-state index contributed by atoms with van der Waals surface area (Å²) >= 11 is 7.35. The van der Waals surface area contributed by atoms with Crippen molar-refractivity contribution in [3.63, 3.8) is 0 Å². The molecular weight excluding hydrogens is 216 g/mol. The van der Waals surface area contributed by atoms with Crippen molar-refractivity contribution in [2.24, 2.45) is 5.92 Å². The van der Waals surface area contributed by atoms with Gasteiger partial charge in [0.2, 0.25) is 0 Å². The average molecular weight is 231 g/mol. The highest BCUT2D eigenvalue weighted by molar-refractivity contribution is 7.19. The fourth-order valence-electron chi connectivity index (χ4n) is 2.06. The minimum Gasteiger partial charge on any atom is -0.359 e. The standard InChI is InChI=1S/C10H15ClN2S/c1-7-3-2-4-8(5-7)13-10-12-6-9(11)14-10/h6-8H,2-5H2,1H3,(H,12,13). The predicted octanol–water partition coefficient (Wildman–Crippen LogP) is 3.79. The third-order valence-corrected chi connectivity index (χ3v) is 3.79. The van der Waals surface area contributed by atoms with Gasteiger partial charge in [0.05, 0.1) is 6.20 Å². The van der Waals surface area contributed by atoms with Crippen molar-refractivity contribution in [1.82, 2.24) is 4.98 Å². The Hall–Kier alpha value is -0.280. The number of hydrogen-bond acceptors (Lipinski definition) is 3. The molecule has 0 radical (unpaired) electrons. The summed E-state index contributed by atoms with van der Waals surface area (Å²) in [5.41, 5.74) is 0. The number of aromatic nitrogens is 1. The second kappa shape index (κ2) is 4.49. The maximum Gasteiger partial charge on any atom is 0.184 e. The van der Waals surface area contributed by atoms with Gasteiger partial charge in [0.15, 0.2) is 5.13 Å². The fraction of sp³-hybridized carbons (Fsp3) is 0.700. The Morgan fingerprint density at radius 1 is 1.57 bits per heavy atom. The quantitative estimate of drug-likeness (QED) is 0.836. The Bertz CT molecular complexity index is 300. The number of thiazole rings is 1. The SMILES string of the molecule is CC1CCCC(Nc2ncc(Cl)s2)C1. The van der Waals surface area contributed by atoms with Crippen LogP contribution in [0.4, 0.5) is 5.13 Å². The lowest BCUT2D eigenvalue weighted by molar-refractivity contribution is 0.358. The van der Waals surface area contributed by atoms with Crippen LogP contribution in [0.15, 0.2) is 6.20 Å². The van der Waals surface area contributed by atoms with Gasteiger partial charge >= 0.3 is 0 Å². The molecule has 0 saturated heterocycles. The smallest absolute Gasteiger partial charge is 0.184 e. The molecule has 14 heavy (non-hydrogen) atoms. The lowest BCUT2D eigenvalue weighted by atomic mass is 9.87. The van der Waals surface area contributed by atoms with Crippen LogP contribution < -0.4 is 5.32 Å². The van der Waals surface area contributed by atoms with E-state index in [1.807, 2.05) is 0 Å². The Balaban J connectivity index is 1.90. The minimum atomic E-state index is 0.598. The Morgan fingerprint density at radius 3 is 3.07 bits per heavy atom. The fourth-order valence-corrected chi connectivity index (χ4v) is 2.95. The van der Waals surface area contributed by atoms with Gasteiger partial charge in [0.1, 0.15) is 4.34 Å². The first-order chi connectivity index (χ1) is 6.74. The summed E-state index contributed by atoms with van der Waals surface area (Å²) in [5, 5.41) is 4.42. The molecule has 0 bridgehead atoms. The zero-order chi connectivity index (χ0) is 9.97.